The van der Waals surface area contributed by atoms with Crippen molar-refractivity contribution in [1.82, 2.24) is 4.98 Å². The van der Waals surface area contributed by atoms with Gasteiger partial charge >= 0.3 is 0 Å². The first-order chi connectivity index (χ1) is 9.93. The van der Waals surface area contributed by atoms with E-state index in [2.05, 4.69) is 33.9 Å². The summed E-state index contributed by atoms with van der Waals surface area (Å²) in [5.74, 6) is 1.49. The molecule has 0 fully saturated rings. The minimum Gasteiger partial charge on any atom is -0.488 e. The molecule has 1 aromatic heterocycles. The highest BCUT2D eigenvalue weighted by molar-refractivity contribution is 9.09. The molecule has 0 amide bonds. The summed E-state index contributed by atoms with van der Waals surface area (Å²) >= 11 is 3.52. The van der Waals surface area contributed by atoms with Gasteiger partial charge in [0, 0.05) is 27.8 Å². The fourth-order valence-electron chi connectivity index (χ4n) is 3.08. The van der Waals surface area contributed by atoms with Crippen molar-refractivity contribution < 1.29 is 4.74 Å². The Bertz CT molecular complexity index is 763. The number of rotatable bonds is 2. The number of aromatic amines is 1. The molecule has 3 rings (SSSR count). The molecule has 3 nitrogen and oxygen atoms in total. The first kappa shape index (κ1) is 14.6. The minimum absolute atomic E-state index is 0.00337. The van der Waals surface area contributed by atoms with Gasteiger partial charge in [0.05, 0.1) is 5.52 Å². The van der Waals surface area contributed by atoms with Crippen LogP contribution in [-0.2, 0) is 0 Å². The third-order valence-corrected chi connectivity index (χ3v) is 5.07. The Labute approximate surface area is 132 Å². The van der Waals surface area contributed by atoms with E-state index in [9.17, 15) is 4.79 Å². The lowest BCUT2D eigenvalue weighted by atomic mass is 9.93. The van der Waals surface area contributed by atoms with Crippen LogP contribution in [0, 0.1) is 6.92 Å². The number of pyridine rings is 1. The topological polar surface area (TPSA) is 42.1 Å². The van der Waals surface area contributed by atoms with E-state index in [1.54, 1.807) is 0 Å². The fraction of sp³-hybridized carbons (Fsp3) is 0.471. The van der Waals surface area contributed by atoms with E-state index < -0.39 is 0 Å². The molecular weight excluding hydrogens is 330 g/mol. The van der Waals surface area contributed by atoms with Gasteiger partial charge < -0.3 is 9.72 Å². The van der Waals surface area contributed by atoms with Gasteiger partial charge in [-0.05, 0) is 30.5 Å². The summed E-state index contributed by atoms with van der Waals surface area (Å²) in [6.07, 6.45) is 0.152. The van der Waals surface area contributed by atoms with Gasteiger partial charge in [-0.2, -0.15) is 0 Å². The highest BCUT2D eigenvalue weighted by Gasteiger charge is 2.32. The highest BCUT2D eigenvalue weighted by Crippen LogP contribution is 2.44. The van der Waals surface area contributed by atoms with Gasteiger partial charge in [-0.25, -0.2) is 0 Å². The summed E-state index contributed by atoms with van der Waals surface area (Å²) < 4.78 is 6.14. The Balaban J connectivity index is 2.33. The molecule has 2 unspecified atom stereocenters. The maximum atomic E-state index is 12.2. The second-order valence-corrected chi connectivity index (χ2v) is 6.86. The number of hydrogen-bond donors (Lipinski definition) is 1. The maximum Gasteiger partial charge on any atom is 0.251 e. The van der Waals surface area contributed by atoms with Crippen LogP contribution in [0.25, 0.3) is 10.9 Å². The number of halogens is 1. The fourth-order valence-corrected chi connectivity index (χ4v) is 3.77. The third kappa shape index (κ3) is 2.20. The van der Waals surface area contributed by atoms with Gasteiger partial charge in [-0.1, -0.05) is 36.7 Å². The number of fused-ring (bicyclic) bond motifs is 3. The zero-order valence-electron chi connectivity index (χ0n) is 12.8. The molecule has 21 heavy (non-hydrogen) atoms. The molecule has 4 heteroatoms. The molecule has 112 valence electrons. The minimum atomic E-state index is 0.00337. The van der Waals surface area contributed by atoms with E-state index in [1.807, 2.05) is 26.8 Å². The van der Waals surface area contributed by atoms with Gasteiger partial charge in [-0.15, -0.1) is 0 Å². The predicted molar refractivity (Wildman–Crippen MR) is 90.0 cm³/mol. The first-order valence-corrected chi connectivity index (χ1v) is 8.49. The molecule has 1 aliphatic rings. The Morgan fingerprint density at radius 2 is 2.10 bits per heavy atom. The highest BCUT2D eigenvalue weighted by atomic mass is 79.9. The monoisotopic (exact) mass is 349 g/mol. The standard InChI is InChI=1S/C17H20BrNO2/c1-8(2)11-6-13-15(19-17(11)20)9(3)5-12-10(4)14(7-18)21-16(12)13/h5-6,8,10,14H,7H2,1-4H3,(H,19,20). The molecule has 1 aliphatic heterocycles. The van der Waals surface area contributed by atoms with Crippen molar-refractivity contribution >= 4 is 26.8 Å². The third-order valence-electron chi connectivity index (χ3n) is 4.43. The predicted octanol–water partition coefficient (Wildman–Crippen LogP) is 4.22. The first-order valence-electron chi connectivity index (χ1n) is 7.37. The molecule has 0 saturated carbocycles. The van der Waals surface area contributed by atoms with Crippen molar-refractivity contribution in [3.8, 4) is 5.75 Å². The molecule has 1 aromatic carbocycles. The zero-order chi connectivity index (χ0) is 15.3. The molecule has 0 bridgehead atoms. The zero-order valence-corrected chi connectivity index (χ0v) is 14.4. The van der Waals surface area contributed by atoms with Gasteiger partial charge in [0.1, 0.15) is 11.9 Å². The summed E-state index contributed by atoms with van der Waals surface area (Å²) in [6.45, 7) is 8.31. The summed E-state index contributed by atoms with van der Waals surface area (Å²) in [4.78, 5) is 15.2. The maximum absolute atomic E-state index is 12.2. The van der Waals surface area contributed by atoms with Crippen LogP contribution < -0.4 is 10.3 Å². The van der Waals surface area contributed by atoms with Crippen LogP contribution in [0.1, 0.15) is 49.3 Å². The van der Waals surface area contributed by atoms with Crippen molar-refractivity contribution in [3.05, 3.63) is 39.2 Å². The smallest absolute Gasteiger partial charge is 0.251 e. The molecule has 0 aliphatic carbocycles. The van der Waals surface area contributed by atoms with Crippen LogP contribution in [0.15, 0.2) is 16.9 Å². The normalized spacial score (nSPS) is 20.9. The molecule has 2 heterocycles. The van der Waals surface area contributed by atoms with Crippen molar-refractivity contribution in [3.63, 3.8) is 0 Å². The van der Waals surface area contributed by atoms with Crippen LogP contribution in [0.3, 0.4) is 0 Å². The number of aromatic nitrogens is 1. The van der Waals surface area contributed by atoms with E-state index >= 15 is 0 Å². The average Bonchev–Trinajstić information content (AvgIpc) is 2.75. The van der Waals surface area contributed by atoms with Gasteiger partial charge in [0.2, 0.25) is 0 Å². The number of nitrogens with one attached hydrogen (secondary N) is 1. The van der Waals surface area contributed by atoms with Crippen molar-refractivity contribution in [2.24, 2.45) is 0 Å². The average molecular weight is 350 g/mol. The Kier molecular flexibility index (Phi) is 3.60. The number of alkyl halides is 1. The van der Waals surface area contributed by atoms with Crippen LogP contribution in [0.4, 0.5) is 0 Å². The molecule has 1 N–H and O–H groups in total. The largest absolute Gasteiger partial charge is 0.488 e. The lowest BCUT2D eigenvalue weighted by Gasteiger charge is -2.12. The Hall–Kier alpha value is -1.29. The van der Waals surface area contributed by atoms with Crippen LogP contribution in [-0.4, -0.2) is 16.4 Å². The summed E-state index contributed by atoms with van der Waals surface area (Å²) in [7, 11) is 0. The summed E-state index contributed by atoms with van der Waals surface area (Å²) in [5.41, 5.74) is 4.05. The van der Waals surface area contributed by atoms with Crippen molar-refractivity contribution in [1.29, 1.82) is 0 Å². The SMILES string of the molecule is Cc1cc2c(c3cc(C(C)C)c(=O)[nH]c13)OC(CBr)C2C. The lowest BCUT2D eigenvalue weighted by molar-refractivity contribution is 0.241. The summed E-state index contributed by atoms with van der Waals surface area (Å²) in [6, 6.07) is 4.16. The van der Waals surface area contributed by atoms with Gasteiger partial charge in [0.15, 0.2) is 0 Å². The quantitative estimate of drug-likeness (QED) is 0.824. The number of aryl methyl sites for hydroxylation is 1. The Morgan fingerprint density at radius 1 is 1.38 bits per heavy atom. The van der Waals surface area contributed by atoms with Crippen LogP contribution in [0.5, 0.6) is 5.75 Å². The van der Waals surface area contributed by atoms with E-state index in [1.165, 1.54) is 5.56 Å². The van der Waals surface area contributed by atoms with E-state index in [4.69, 9.17) is 4.74 Å². The second-order valence-electron chi connectivity index (χ2n) is 6.21. The van der Waals surface area contributed by atoms with E-state index in [0.717, 1.165) is 33.1 Å². The Morgan fingerprint density at radius 3 is 2.71 bits per heavy atom. The molecular formula is C17H20BrNO2. The van der Waals surface area contributed by atoms with Crippen LogP contribution in [0.2, 0.25) is 0 Å². The van der Waals surface area contributed by atoms with E-state index in [-0.39, 0.29) is 17.6 Å². The van der Waals surface area contributed by atoms with E-state index in [0.29, 0.717) is 5.92 Å². The molecule has 0 radical (unpaired) electrons. The van der Waals surface area contributed by atoms with Gasteiger partial charge in [0.25, 0.3) is 5.56 Å². The number of ether oxygens (including phenoxy) is 1. The summed E-state index contributed by atoms with van der Waals surface area (Å²) in [5, 5.41) is 1.84. The molecule has 2 atom stereocenters. The second kappa shape index (κ2) is 5.16. The lowest BCUT2D eigenvalue weighted by Crippen LogP contribution is -2.17. The molecule has 0 spiro atoms. The van der Waals surface area contributed by atoms with Gasteiger partial charge in [-0.3, -0.25) is 4.79 Å². The number of benzene rings is 1. The number of H-pyrrole nitrogens is 1. The van der Waals surface area contributed by atoms with Crippen molar-refractivity contribution in [2.45, 2.75) is 45.6 Å². The number of hydrogen-bond acceptors (Lipinski definition) is 2. The molecule has 2 aromatic rings. The van der Waals surface area contributed by atoms with Crippen LogP contribution >= 0.6 is 15.9 Å². The molecule has 0 saturated heterocycles. The van der Waals surface area contributed by atoms with Crippen molar-refractivity contribution in [2.75, 3.05) is 5.33 Å².